The molecule has 3 atom stereocenters. The molecule has 1 saturated carbocycles. The van der Waals surface area contributed by atoms with E-state index < -0.39 is 45.8 Å². The number of urea groups is 1. The van der Waals surface area contributed by atoms with Crippen LogP contribution in [-0.2, 0) is 14.8 Å². The number of rotatable bonds is 5. The molecule has 1 aromatic rings. The number of carboxylic acids is 1. The maximum Gasteiger partial charge on any atom is 0.322 e. The van der Waals surface area contributed by atoms with E-state index >= 15 is 0 Å². The van der Waals surface area contributed by atoms with Gasteiger partial charge in [-0.25, -0.2) is 13.2 Å². The molecule has 194 valence electrons. The van der Waals surface area contributed by atoms with Crippen molar-refractivity contribution < 1.29 is 33.0 Å². The first-order valence-electron chi connectivity index (χ1n) is 12.3. The number of carbonyl (C=O) groups is 2. The molecule has 2 fully saturated rings. The van der Waals surface area contributed by atoms with Crippen molar-refractivity contribution >= 4 is 22.0 Å². The fraction of sp³-hybridized carbons (Fsp3) is 0.667. The number of hydrogen-bond acceptors (Lipinski definition) is 6. The molecule has 3 unspecified atom stereocenters. The molecule has 2 amide bonds. The van der Waals surface area contributed by atoms with E-state index in [0.717, 1.165) is 36.4 Å². The summed E-state index contributed by atoms with van der Waals surface area (Å²) in [6.45, 7) is 3.52. The van der Waals surface area contributed by atoms with Crippen molar-refractivity contribution in [2.75, 3.05) is 6.54 Å². The second kappa shape index (κ2) is 9.94. The van der Waals surface area contributed by atoms with E-state index in [4.69, 9.17) is 4.74 Å². The lowest BCUT2D eigenvalue weighted by molar-refractivity contribution is -0.142. The molecule has 3 aliphatic rings. The van der Waals surface area contributed by atoms with Crippen molar-refractivity contribution in [3.8, 4) is 5.75 Å². The van der Waals surface area contributed by atoms with E-state index in [9.17, 15) is 28.2 Å². The Bertz CT molecular complexity index is 1070. The second-order valence-corrected chi connectivity index (χ2v) is 12.1. The molecule has 1 aliphatic carbocycles. The Kier molecular flexibility index (Phi) is 7.31. The molecule has 0 radical (unpaired) electrons. The molecule has 2 heterocycles. The molecule has 4 rings (SSSR count). The van der Waals surface area contributed by atoms with Gasteiger partial charge in [0.1, 0.15) is 23.5 Å². The van der Waals surface area contributed by atoms with Gasteiger partial charge in [-0.1, -0.05) is 19.3 Å². The van der Waals surface area contributed by atoms with Crippen LogP contribution in [0.5, 0.6) is 5.75 Å². The van der Waals surface area contributed by atoms with Gasteiger partial charge in [0.15, 0.2) is 0 Å². The average molecular weight is 510 g/mol. The number of nitrogens with one attached hydrogen (secondary N) is 2. The third-order valence-electron chi connectivity index (χ3n) is 7.29. The number of aliphatic hydroxyl groups is 1. The van der Waals surface area contributed by atoms with Gasteiger partial charge in [-0.3, -0.25) is 4.79 Å². The van der Waals surface area contributed by atoms with Gasteiger partial charge in [-0.15, -0.1) is 0 Å². The molecule has 0 spiro atoms. The number of piperidine rings is 1. The van der Waals surface area contributed by atoms with Crippen molar-refractivity contribution in [1.82, 2.24) is 14.9 Å². The van der Waals surface area contributed by atoms with Crippen LogP contribution in [0.2, 0.25) is 0 Å². The molecular formula is C24H35N3O7S. The van der Waals surface area contributed by atoms with Gasteiger partial charge >= 0.3 is 12.0 Å². The highest BCUT2D eigenvalue weighted by atomic mass is 32.2. The number of fused-ring (bicyclic) bond motifs is 1. The van der Waals surface area contributed by atoms with E-state index in [1.807, 2.05) is 0 Å². The van der Waals surface area contributed by atoms with Gasteiger partial charge < -0.3 is 25.6 Å². The topological polar surface area (TPSA) is 145 Å². The molecule has 1 aromatic carbocycles. The Morgan fingerprint density at radius 2 is 1.74 bits per heavy atom. The van der Waals surface area contributed by atoms with Crippen LogP contribution in [0.1, 0.15) is 76.8 Å². The number of hydrogen-bond donors (Lipinski definition) is 4. The molecule has 2 aliphatic heterocycles. The lowest BCUT2D eigenvalue weighted by Gasteiger charge is -2.42. The number of carbonyl (C=O) groups excluding carboxylic acids is 1. The van der Waals surface area contributed by atoms with Gasteiger partial charge in [0, 0.05) is 18.2 Å². The Morgan fingerprint density at radius 1 is 1.06 bits per heavy atom. The quantitative estimate of drug-likeness (QED) is 0.477. The summed E-state index contributed by atoms with van der Waals surface area (Å²) in [5.74, 6) is -0.818. The number of aliphatic hydroxyl groups excluding tert-OH is 1. The maximum atomic E-state index is 13.4. The first kappa shape index (κ1) is 25.7. The Balaban J connectivity index is 1.64. The number of nitrogens with zero attached hydrogens (tertiary/aromatic N) is 1. The lowest BCUT2D eigenvalue weighted by atomic mass is 9.86. The number of amides is 2. The Hall–Kier alpha value is -2.37. The van der Waals surface area contributed by atoms with Gasteiger partial charge in [0.05, 0.1) is 10.9 Å². The normalized spacial score (nSPS) is 27.3. The zero-order valence-electron chi connectivity index (χ0n) is 20.2. The van der Waals surface area contributed by atoms with Crippen LogP contribution >= 0.6 is 0 Å². The third kappa shape index (κ3) is 5.26. The van der Waals surface area contributed by atoms with E-state index in [-0.39, 0.29) is 23.9 Å². The first-order chi connectivity index (χ1) is 16.5. The van der Waals surface area contributed by atoms with Gasteiger partial charge in [0.2, 0.25) is 10.0 Å². The SMILES string of the molecule is CC1(C)Oc2ccc(S(=O)(=O)N3CCCCC3C(=O)O)cc2C(NC(=O)NC2CCCCC2)C1O. The fourth-order valence-electron chi connectivity index (χ4n) is 5.29. The summed E-state index contributed by atoms with van der Waals surface area (Å²) in [5, 5.41) is 26.4. The zero-order valence-corrected chi connectivity index (χ0v) is 21.0. The van der Waals surface area contributed by atoms with E-state index in [1.165, 1.54) is 18.2 Å². The molecular weight excluding hydrogens is 474 g/mol. The summed E-state index contributed by atoms with van der Waals surface area (Å²) in [5.41, 5.74) is -0.696. The summed E-state index contributed by atoms with van der Waals surface area (Å²) in [7, 11) is -4.12. The van der Waals surface area contributed by atoms with Crippen LogP contribution in [0, 0.1) is 0 Å². The largest absolute Gasteiger partial charge is 0.485 e. The number of aliphatic carboxylic acids is 1. The summed E-state index contributed by atoms with van der Waals surface area (Å²) < 4.78 is 33.9. The number of benzene rings is 1. The van der Waals surface area contributed by atoms with Gasteiger partial charge in [0.25, 0.3) is 0 Å². The van der Waals surface area contributed by atoms with Crippen LogP contribution in [-0.4, -0.2) is 65.3 Å². The minimum Gasteiger partial charge on any atom is -0.485 e. The predicted molar refractivity (Wildman–Crippen MR) is 128 cm³/mol. The smallest absolute Gasteiger partial charge is 0.322 e. The molecule has 10 nitrogen and oxygen atoms in total. The van der Waals surface area contributed by atoms with Crippen molar-refractivity contribution in [3.05, 3.63) is 23.8 Å². The number of sulfonamides is 1. The van der Waals surface area contributed by atoms with Crippen molar-refractivity contribution in [2.45, 2.75) is 99.9 Å². The van der Waals surface area contributed by atoms with Crippen LogP contribution < -0.4 is 15.4 Å². The molecule has 0 aromatic heterocycles. The molecule has 1 saturated heterocycles. The van der Waals surface area contributed by atoms with Gasteiger partial charge in [-0.2, -0.15) is 4.31 Å². The minimum atomic E-state index is -4.12. The predicted octanol–water partition coefficient (Wildman–Crippen LogP) is 2.52. The Labute approximate surface area is 206 Å². The van der Waals surface area contributed by atoms with E-state index in [1.54, 1.807) is 13.8 Å². The van der Waals surface area contributed by atoms with Crippen LogP contribution in [0.4, 0.5) is 4.79 Å². The summed E-state index contributed by atoms with van der Waals surface area (Å²) in [4.78, 5) is 24.4. The molecule has 4 N–H and O–H groups in total. The number of carboxylic acid groups (broad SMARTS) is 1. The van der Waals surface area contributed by atoms with Crippen LogP contribution in [0.15, 0.2) is 23.1 Å². The Morgan fingerprint density at radius 3 is 2.43 bits per heavy atom. The van der Waals surface area contributed by atoms with Crippen molar-refractivity contribution in [1.29, 1.82) is 0 Å². The van der Waals surface area contributed by atoms with Crippen molar-refractivity contribution in [3.63, 3.8) is 0 Å². The highest BCUT2D eigenvalue weighted by molar-refractivity contribution is 7.89. The summed E-state index contributed by atoms with van der Waals surface area (Å²) >= 11 is 0. The summed E-state index contributed by atoms with van der Waals surface area (Å²) in [6.07, 6.45) is 5.37. The zero-order chi connectivity index (χ0) is 25.4. The fourth-order valence-corrected chi connectivity index (χ4v) is 6.97. The summed E-state index contributed by atoms with van der Waals surface area (Å²) in [6, 6.07) is 1.86. The molecule has 0 bridgehead atoms. The minimum absolute atomic E-state index is 0.0620. The molecule has 11 heteroatoms. The third-order valence-corrected chi connectivity index (χ3v) is 9.19. The average Bonchev–Trinajstić information content (AvgIpc) is 2.82. The molecule has 35 heavy (non-hydrogen) atoms. The van der Waals surface area contributed by atoms with Crippen molar-refractivity contribution in [2.24, 2.45) is 0 Å². The van der Waals surface area contributed by atoms with E-state index in [2.05, 4.69) is 10.6 Å². The van der Waals surface area contributed by atoms with Crippen LogP contribution in [0.3, 0.4) is 0 Å². The van der Waals surface area contributed by atoms with Gasteiger partial charge in [-0.05, 0) is 64.2 Å². The standard InChI is InChI=1S/C24H35N3O7S/c1-24(2)21(28)20(26-23(31)25-15-8-4-3-5-9-15)17-14-16(11-12-19(17)34-24)35(32,33)27-13-7-6-10-18(27)22(29)30/h11-12,14-15,18,20-21,28H,3-10,13H2,1-2H3,(H,29,30)(H2,25,26,31). The monoisotopic (exact) mass is 509 g/mol. The van der Waals surface area contributed by atoms with Crippen LogP contribution in [0.25, 0.3) is 0 Å². The highest BCUT2D eigenvalue weighted by Crippen LogP contribution is 2.41. The first-order valence-corrected chi connectivity index (χ1v) is 13.8. The maximum absolute atomic E-state index is 13.4. The van der Waals surface area contributed by atoms with E-state index in [0.29, 0.717) is 24.2 Å². The lowest BCUT2D eigenvalue weighted by Crippen LogP contribution is -2.55. The second-order valence-electron chi connectivity index (χ2n) is 10.2. The highest BCUT2D eigenvalue weighted by Gasteiger charge is 2.45. The number of ether oxygens (including phenoxy) is 1.